The highest BCUT2D eigenvalue weighted by Gasteiger charge is 2.29. The predicted molar refractivity (Wildman–Crippen MR) is 126 cm³/mol. The van der Waals surface area contributed by atoms with Gasteiger partial charge in [-0.15, -0.1) is 0 Å². The number of nitrogen functional groups attached to an aromatic ring is 1. The molecular formula is C24H25N5O5. The first-order chi connectivity index (χ1) is 16.3. The highest BCUT2D eigenvalue weighted by Crippen LogP contribution is 2.22. The van der Waals surface area contributed by atoms with Gasteiger partial charge in [-0.05, 0) is 36.8 Å². The molecular weight excluding hydrogens is 438 g/mol. The number of ether oxygens (including phenoxy) is 2. The SMILES string of the molecule is COCCn1c(N)c(N(Cc2ccccc2)C(=O)[C@@H](C)Oc2ccc(C#N)cc2)c(=O)[nH]c1=O. The molecule has 10 heteroatoms. The summed E-state index contributed by atoms with van der Waals surface area (Å²) in [5.74, 6) is -0.311. The van der Waals surface area contributed by atoms with Crippen molar-refractivity contribution >= 4 is 17.4 Å². The van der Waals surface area contributed by atoms with Crippen LogP contribution < -0.4 is 26.6 Å². The van der Waals surface area contributed by atoms with E-state index in [2.05, 4.69) is 4.98 Å². The van der Waals surface area contributed by atoms with Crippen molar-refractivity contribution in [1.82, 2.24) is 9.55 Å². The molecule has 0 aliphatic heterocycles. The first kappa shape index (κ1) is 24.3. The molecule has 0 spiro atoms. The van der Waals surface area contributed by atoms with Gasteiger partial charge < -0.3 is 15.2 Å². The number of anilines is 2. The van der Waals surface area contributed by atoms with E-state index in [1.54, 1.807) is 43.3 Å². The number of rotatable bonds is 9. The molecule has 0 bridgehead atoms. The maximum absolute atomic E-state index is 13.5. The fourth-order valence-corrected chi connectivity index (χ4v) is 3.36. The summed E-state index contributed by atoms with van der Waals surface area (Å²) in [4.78, 5) is 42.1. The number of nitriles is 1. The number of aromatic nitrogens is 2. The molecule has 1 amide bonds. The monoisotopic (exact) mass is 463 g/mol. The fourth-order valence-electron chi connectivity index (χ4n) is 3.36. The first-order valence-electron chi connectivity index (χ1n) is 10.5. The van der Waals surface area contributed by atoms with E-state index in [4.69, 9.17) is 20.5 Å². The smallest absolute Gasteiger partial charge is 0.330 e. The van der Waals surface area contributed by atoms with Crippen molar-refractivity contribution in [1.29, 1.82) is 5.26 Å². The van der Waals surface area contributed by atoms with Crippen molar-refractivity contribution in [2.45, 2.75) is 26.1 Å². The van der Waals surface area contributed by atoms with Crippen LogP contribution in [0.15, 0.2) is 64.2 Å². The number of H-pyrrole nitrogens is 1. The van der Waals surface area contributed by atoms with Crippen LogP contribution in [0.2, 0.25) is 0 Å². The highest BCUT2D eigenvalue weighted by atomic mass is 16.5. The average Bonchev–Trinajstić information content (AvgIpc) is 2.83. The zero-order valence-electron chi connectivity index (χ0n) is 18.9. The van der Waals surface area contributed by atoms with Gasteiger partial charge in [-0.3, -0.25) is 24.0 Å². The maximum atomic E-state index is 13.5. The van der Waals surface area contributed by atoms with Crippen LogP contribution in [0.5, 0.6) is 5.75 Å². The Hall–Kier alpha value is -4.36. The summed E-state index contributed by atoms with van der Waals surface area (Å²) in [6.07, 6.45) is -1.00. The normalized spacial score (nSPS) is 11.4. The molecule has 10 nitrogen and oxygen atoms in total. The van der Waals surface area contributed by atoms with Gasteiger partial charge in [0.2, 0.25) is 0 Å². The third-order valence-electron chi connectivity index (χ3n) is 5.10. The van der Waals surface area contributed by atoms with Crippen LogP contribution >= 0.6 is 0 Å². The van der Waals surface area contributed by atoms with Gasteiger partial charge in [0.1, 0.15) is 11.6 Å². The molecule has 1 atom stereocenters. The molecule has 3 aromatic rings. The summed E-state index contributed by atoms with van der Waals surface area (Å²) in [5, 5.41) is 8.96. The zero-order chi connectivity index (χ0) is 24.7. The fraction of sp³-hybridized carbons (Fsp3) is 0.250. The van der Waals surface area contributed by atoms with Crippen molar-refractivity contribution in [3.8, 4) is 11.8 Å². The van der Waals surface area contributed by atoms with E-state index in [0.29, 0.717) is 11.3 Å². The van der Waals surface area contributed by atoms with Crippen LogP contribution in [0.1, 0.15) is 18.1 Å². The van der Waals surface area contributed by atoms with Crippen LogP contribution in [-0.4, -0.2) is 35.3 Å². The van der Waals surface area contributed by atoms with Crippen molar-refractivity contribution in [2.75, 3.05) is 24.4 Å². The molecule has 0 fully saturated rings. The van der Waals surface area contributed by atoms with E-state index in [9.17, 15) is 14.4 Å². The lowest BCUT2D eigenvalue weighted by Gasteiger charge is -2.27. The lowest BCUT2D eigenvalue weighted by molar-refractivity contribution is -0.124. The van der Waals surface area contributed by atoms with Crippen LogP contribution in [-0.2, 0) is 22.6 Å². The van der Waals surface area contributed by atoms with Crippen molar-refractivity contribution in [3.63, 3.8) is 0 Å². The lowest BCUT2D eigenvalue weighted by atomic mass is 10.2. The quantitative estimate of drug-likeness (QED) is 0.491. The van der Waals surface area contributed by atoms with Crippen LogP contribution in [0.25, 0.3) is 0 Å². The largest absolute Gasteiger partial charge is 0.481 e. The molecule has 0 aliphatic rings. The second-order valence-electron chi connectivity index (χ2n) is 7.44. The van der Waals surface area contributed by atoms with E-state index in [1.807, 2.05) is 24.3 Å². The third kappa shape index (κ3) is 5.51. The van der Waals surface area contributed by atoms with Gasteiger partial charge in [0.15, 0.2) is 11.8 Å². The number of carbonyl (C=O) groups is 1. The number of hydrogen-bond acceptors (Lipinski definition) is 7. The minimum atomic E-state index is -1.00. The average molecular weight is 463 g/mol. The molecule has 3 N–H and O–H groups in total. The Morgan fingerprint density at radius 3 is 2.47 bits per heavy atom. The molecule has 0 saturated carbocycles. The van der Waals surface area contributed by atoms with Crippen LogP contribution in [0, 0.1) is 11.3 Å². The number of nitrogens with zero attached hydrogens (tertiary/aromatic N) is 3. The van der Waals surface area contributed by atoms with Crippen molar-refractivity contribution in [3.05, 3.63) is 86.6 Å². The van der Waals surface area contributed by atoms with Gasteiger partial charge in [-0.1, -0.05) is 30.3 Å². The summed E-state index contributed by atoms with van der Waals surface area (Å²) in [6, 6.07) is 17.4. The lowest BCUT2D eigenvalue weighted by Crippen LogP contribution is -2.45. The molecule has 0 unspecified atom stereocenters. The number of methoxy groups -OCH3 is 1. The molecule has 1 aromatic heterocycles. The number of nitrogens with one attached hydrogen (secondary N) is 1. The van der Waals surface area contributed by atoms with E-state index in [1.165, 1.54) is 12.0 Å². The predicted octanol–water partition coefficient (Wildman–Crippen LogP) is 1.64. The standard InChI is InChI=1S/C24H25N5O5/c1-16(34-19-10-8-17(14-25)9-11-19)23(31)29(15-18-6-4-3-5-7-18)20-21(26)28(12-13-33-2)24(32)27-22(20)30/h3-11,16H,12-13,15,26H2,1-2H3,(H,27,30,32)/t16-/m1/s1. The Balaban J connectivity index is 2.01. The topological polar surface area (TPSA) is 143 Å². The second kappa shape index (κ2) is 11.0. The molecule has 0 saturated heterocycles. The van der Waals surface area contributed by atoms with Gasteiger partial charge in [0.05, 0.1) is 31.3 Å². The van der Waals surface area contributed by atoms with Crippen LogP contribution in [0.3, 0.4) is 0 Å². The summed E-state index contributed by atoms with van der Waals surface area (Å²) >= 11 is 0. The number of carbonyl (C=O) groups excluding carboxylic acids is 1. The molecule has 2 aromatic carbocycles. The van der Waals surface area contributed by atoms with E-state index in [-0.39, 0.29) is 31.2 Å². The first-order valence-corrected chi connectivity index (χ1v) is 10.5. The number of amides is 1. The van der Waals surface area contributed by atoms with E-state index >= 15 is 0 Å². The number of benzene rings is 2. The van der Waals surface area contributed by atoms with E-state index < -0.39 is 23.3 Å². The Bertz CT molecular complexity index is 1290. The molecule has 3 rings (SSSR count). The minimum Gasteiger partial charge on any atom is -0.481 e. The van der Waals surface area contributed by atoms with Gasteiger partial charge in [-0.2, -0.15) is 5.26 Å². The summed E-state index contributed by atoms with van der Waals surface area (Å²) < 4.78 is 11.9. The Morgan fingerprint density at radius 2 is 1.85 bits per heavy atom. The van der Waals surface area contributed by atoms with Gasteiger partial charge in [0.25, 0.3) is 11.5 Å². The number of hydrogen-bond donors (Lipinski definition) is 2. The molecule has 1 heterocycles. The van der Waals surface area contributed by atoms with E-state index in [0.717, 1.165) is 10.1 Å². The molecule has 0 radical (unpaired) electrons. The summed E-state index contributed by atoms with van der Waals surface area (Å²) in [6.45, 7) is 1.84. The van der Waals surface area contributed by atoms with Crippen molar-refractivity contribution in [2.24, 2.45) is 0 Å². The number of aromatic amines is 1. The van der Waals surface area contributed by atoms with Gasteiger partial charge >= 0.3 is 5.69 Å². The van der Waals surface area contributed by atoms with Crippen LogP contribution in [0.4, 0.5) is 11.5 Å². The highest BCUT2D eigenvalue weighted by molar-refractivity contribution is 5.98. The second-order valence-corrected chi connectivity index (χ2v) is 7.44. The Morgan fingerprint density at radius 1 is 1.18 bits per heavy atom. The summed E-state index contributed by atoms with van der Waals surface area (Å²) in [7, 11) is 1.47. The molecule has 34 heavy (non-hydrogen) atoms. The molecule has 0 aliphatic carbocycles. The Labute approximate surface area is 195 Å². The zero-order valence-corrected chi connectivity index (χ0v) is 18.9. The number of nitrogens with two attached hydrogens (primary N) is 1. The van der Waals surface area contributed by atoms with Gasteiger partial charge in [0, 0.05) is 7.11 Å². The minimum absolute atomic E-state index is 0.0243. The summed E-state index contributed by atoms with van der Waals surface area (Å²) in [5.41, 5.74) is 5.79. The molecule has 176 valence electrons. The van der Waals surface area contributed by atoms with Crippen molar-refractivity contribution < 1.29 is 14.3 Å². The van der Waals surface area contributed by atoms with Gasteiger partial charge in [-0.25, -0.2) is 4.79 Å². The third-order valence-corrected chi connectivity index (χ3v) is 5.10. The Kier molecular flexibility index (Phi) is 7.84. The maximum Gasteiger partial charge on any atom is 0.330 e.